The summed E-state index contributed by atoms with van der Waals surface area (Å²) in [6, 6.07) is 15.4. The van der Waals surface area contributed by atoms with Gasteiger partial charge >= 0.3 is 0 Å². The van der Waals surface area contributed by atoms with Crippen molar-refractivity contribution in [2.75, 3.05) is 10.2 Å². The molecular weight excluding hydrogens is 308 g/mol. The lowest BCUT2D eigenvalue weighted by Crippen LogP contribution is -2.43. The van der Waals surface area contributed by atoms with Crippen molar-refractivity contribution in [3.8, 4) is 0 Å². The topological polar surface area (TPSA) is 58.1 Å². The first-order chi connectivity index (χ1) is 11.2. The summed E-state index contributed by atoms with van der Waals surface area (Å²) in [5.74, 6) is -0.0389. The number of nitrogens with zero attached hydrogens (tertiary/aromatic N) is 3. The van der Waals surface area contributed by atoms with Crippen LogP contribution in [0.4, 0.5) is 11.4 Å². The Kier molecular flexibility index (Phi) is 3.31. The first kappa shape index (κ1) is 13.9. The summed E-state index contributed by atoms with van der Waals surface area (Å²) < 4.78 is 3.94. The van der Waals surface area contributed by atoms with Crippen LogP contribution in [-0.2, 0) is 0 Å². The fourth-order valence-corrected chi connectivity index (χ4v) is 3.27. The highest BCUT2D eigenvalue weighted by Gasteiger charge is 2.35. The van der Waals surface area contributed by atoms with Crippen molar-refractivity contribution in [2.24, 2.45) is 0 Å². The Morgan fingerprint density at radius 1 is 1.17 bits per heavy atom. The minimum atomic E-state index is -0.363. The van der Waals surface area contributed by atoms with Crippen LogP contribution < -0.4 is 10.2 Å². The molecule has 114 valence electrons. The molecule has 6 heteroatoms. The monoisotopic (exact) mass is 322 g/mol. The van der Waals surface area contributed by atoms with E-state index >= 15 is 0 Å². The fraction of sp³-hybridized carbons (Fsp3) is 0.118. The van der Waals surface area contributed by atoms with E-state index in [2.05, 4.69) is 14.9 Å². The molecule has 0 bridgehead atoms. The number of para-hydroxylation sites is 1. The zero-order chi connectivity index (χ0) is 15.8. The van der Waals surface area contributed by atoms with Crippen LogP contribution in [-0.4, -0.2) is 15.5 Å². The van der Waals surface area contributed by atoms with Gasteiger partial charge in [-0.05, 0) is 48.3 Å². The zero-order valence-electron chi connectivity index (χ0n) is 12.4. The Labute approximate surface area is 137 Å². The largest absolute Gasteiger partial charge is 0.359 e. The molecule has 1 aliphatic rings. The molecule has 1 aromatic heterocycles. The maximum Gasteiger partial charge on any atom is 0.262 e. The standard InChI is InChI=1S/C17H14N4OS/c1-11-5-4-6-12(9-11)21-16(15-10-23-20-19-15)18-14-8-3-2-7-13(14)17(21)22/h2-10,16,18H,1H3/t16-/m0/s1. The highest BCUT2D eigenvalue weighted by atomic mass is 32.1. The second-order valence-electron chi connectivity index (χ2n) is 5.44. The van der Waals surface area contributed by atoms with Gasteiger partial charge in [0.1, 0.15) is 5.69 Å². The lowest BCUT2D eigenvalue weighted by Gasteiger charge is -2.36. The van der Waals surface area contributed by atoms with Gasteiger partial charge in [0, 0.05) is 16.8 Å². The van der Waals surface area contributed by atoms with Gasteiger partial charge in [-0.1, -0.05) is 28.8 Å². The lowest BCUT2D eigenvalue weighted by molar-refractivity contribution is 0.0974. The van der Waals surface area contributed by atoms with Crippen LogP contribution in [0.15, 0.2) is 53.9 Å². The van der Waals surface area contributed by atoms with Gasteiger partial charge in [0.05, 0.1) is 5.56 Å². The van der Waals surface area contributed by atoms with Gasteiger partial charge in [-0.15, -0.1) is 5.10 Å². The van der Waals surface area contributed by atoms with Gasteiger partial charge < -0.3 is 5.32 Å². The molecule has 0 unspecified atom stereocenters. The summed E-state index contributed by atoms with van der Waals surface area (Å²) in [7, 11) is 0. The van der Waals surface area contributed by atoms with E-state index in [1.807, 2.05) is 60.8 Å². The molecule has 1 aliphatic heterocycles. The minimum absolute atomic E-state index is 0.0389. The van der Waals surface area contributed by atoms with E-state index in [-0.39, 0.29) is 12.1 Å². The van der Waals surface area contributed by atoms with E-state index in [1.165, 1.54) is 11.5 Å². The normalized spacial score (nSPS) is 16.8. The van der Waals surface area contributed by atoms with Crippen molar-refractivity contribution in [1.82, 2.24) is 9.59 Å². The average Bonchev–Trinajstić information content (AvgIpc) is 3.09. The highest BCUT2D eigenvalue weighted by Crippen LogP contribution is 2.36. The maximum atomic E-state index is 13.1. The second-order valence-corrected chi connectivity index (χ2v) is 6.05. The molecule has 0 spiro atoms. The molecule has 0 saturated heterocycles. The molecular formula is C17H14N4OS. The van der Waals surface area contributed by atoms with Gasteiger partial charge in [-0.3, -0.25) is 9.69 Å². The molecule has 1 atom stereocenters. The molecule has 23 heavy (non-hydrogen) atoms. The number of carbonyl (C=O) groups excluding carboxylic acids is 1. The number of carbonyl (C=O) groups is 1. The molecule has 2 aromatic carbocycles. The van der Waals surface area contributed by atoms with Crippen LogP contribution in [0.3, 0.4) is 0 Å². The van der Waals surface area contributed by atoms with Gasteiger partial charge in [0.25, 0.3) is 5.91 Å². The van der Waals surface area contributed by atoms with Gasteiger partial charge in [0.15, 0.2) is 6.17 Å². The van der Waals surface area contributed by atoms with Crippen molar-refractivity contribution in [3.05, 3.63) is 70.7 Å². The number of amides is 1. The quantitative estimate of drug-likeness (QED) is 0.783. The average molecular weight is 322 g/mol. The Bertz CT molecular complexity index is 863. The summed E-state index contributed by atoms with van der Waals surface area (Å²) in [5, 5.41) is 9.43. The molecule has 0 fully saturated rings. The second kappa shape index (κ2) is 5.48. The predicted molar refractivity (Wildman–Crippen MR) is 90.7 cm³/mol. The fourth-order valence-electron chi connectivity index (χ4n) is 2.80. The highest BCUT2D eigenvalue weighted by molar-refractivity contribution is 7.03. The van der Waals surface area contributed by atoms with Crippen molar-refractivity contribution in [1.29, 1.82) is 0 Å². The summed E-state index contributed by atoms with van der Waals surface area (Å²) in [6.07, 6.45) is -0.363. The van der Waals surface area contributed by atoms with Crippen molar-refractivity contribution in [2.45, 2.75) is 13.1 Å². The van der Waals surface area contributed by atoms with E-state index in [0.29, 0.717) is 5.56 Å². The summed E-state index contributed by atoms with van der Waals surface area (Å²) in [6.45, 7) is 2.01. The number of hydrogen-bond acceptors (Lipinski definition) is 5. The molecule has 5 nitrogen and oxygen atoms in total. The zero-order valence-corrected chi connectivity index (χ0v) is 13.2. The molecule has 1 N–H and O–H groups in total. The maximum absolute atomic E-state index is 13.1. The van der Waals surface area contributed by atoms with Crippen LogP contribution in [0.2, 0.25) is 0 Å². The van der Waals surface area contributed by atoms with E-state index in [0.717, 1.165) is 22.6 Å². The van der Waals surface area contributed by atoms with Crippen LogP contribution in [0.1, 0.15) is 27.8 Å². The predicted octanol–water partition coefficient (Wildman–Crippen LogP) is 3.62. The minimum Gasteiger partial charge on any atom is -0.359 e. The molecule has 0 saturated carbocycles. The smallest absolute Gasteiger partial charge is 0.262 e. The Hall–Kier alpha value is -2.73. The number of fused-ring (bicyclic) bond motifs is 1. The van der Waals surface area contributed by atoms with Gasteiger partial charge in [0.2, 0.25) is 0 Å². The van der Waals surface area contributed by atoms with E-state index in [4.69, 9.17) is 0 Å². The SMILES string of the molecule is Cc1cccc(N2C(=O)c3ccccc3N[C@@H]2c2csnn2)c1. The molecule has 1 amide bonds. The summed E-state index contributed by atoms with van der Waals surface area (Å²) in [5.41, 5.74) is 4.16. The van der Waals surface area contributed by atoms with E-state index in [1.54, 1.807) is 4.90 Å². The van der Waals surface area contributed by atoms with Gasteiger partial charge in [-0.25, -0.2) is 0 Å². The Balaban J connectivity index is 1.87. The number of hydrogen-bond donors (Lipinski definition) is 1. The third-order valence-electron chi connectivity index (χ3n) is 3.86. The van der Waals surface area contributed by atoms with Crippen molar-refractivity contribution >= 4 is 28.8 Å². The molecule has 0 radical (unpaired) electrons. The molecule has 2 heterocycles. The Morgan fingerprint density at radius 3 is 2.83 bits per heavy atom. The third kappa shape index (κ3) is 2.37. The van der Waals surface area contributed by atoms with Gasteiger partial charge in [-0.2, -0.15) is 0 Å². The first-order valence-corrected chi connectivity index (χ1v) is 8.10. The Morgan fingerprint density at radius 2 is 2.04 bits per heavy atom. The number of rotatable bonds is 2. The van der Waals surface area contributed by atoms with Crippen LogP contribution >= 0.6 is 11.5 Å². The lowest BCUT2D eigenvalue weighted by atomic mass is 10.0. The van der Waals surface area contributed by atoms with Crippen LogP contribution in [0.25, 0.3) is 0 Å². The summed E-state index contributed by atoms with van der Waals surface area (Å²) in [4.78, 5) is 14.8. The van der Waals surface area contributed by atoms with E-state index in [9.17, 15) is 4.79 Å². The first-order valence-electron chi connectivity index (χ1n) is 7.27. The number of anilines is 2. The third-order valence-corrected chi connectivity index (χ3v) is 4.39. The molecule has 0 aliphatic carbocycles. The van der Waals surface area contributed by atoms with Crippen LogP contribution in [0, 0.1) is 6.92 Å². The molecule has 3 aromatic rings. The molecule has 4 rings (SSSR count). The van der Waals surface area contributed by atoms with E-state index < -0.39 is 0 Å². The van der Waals surface area contributed by atoms with Crippen LogP contribution in [0.5, 0.6) is 0 Å². The number of benzene rings is 2. The number of aromatic nitrogens is 2. The summed E-state index contributed by atoms with van der Waals surface area (Å²) >= 11 is 1.28. The number of aryl methyl sites for hydroxylation is 1. The number of nitrogens with one attached hydrogen (secondary N) is 1. The van der Waals surface area contributed by atoms with Crippen molar-refractivity contribution in [3.63, 3.8) is 0 Å². The van der Waals surface area contributed by atoms with Crippen molar-refractivity contribution < 1.29 is 4.79 Å².